The number of hydrogen-bond donors (Lipinski definition) is 2. The third-order valence-corrected chi connectivity index (χ3v) is 1.47. The van der Waals surface area contributed by atoms with Crippen molar-refractivity contribution in [3.8, 4) is 0 Å². The molecule has 6 heavy (non-hydrogen) atoms. The number of rotatable bonds is 0. The Bertz CT molecular complexity index is 24.3. The summed E-state index contributed by atoms with van der Waals surface area (Å²) in [5.41, 5.74) is 3.00. The zero-order valence-corrected chi connectivity index (χ0v) is 4.35. The molecule has 2 nitrogen and oxygen atoms in total. The molecule has 0 bridgehead atoms. The Balaban J connectivity index is 2.00. The van der Waals surface area contributed by atoms with Gasteiger partial charge in [-0.3, -0.25) is 0 Å². The van der Waals surface area contributed by atoms with Crippen LogP contribution in [0.25, 0.3) is 0 Å². The molecule has 0 aromatic rings. The van der Waals surface area contributed by atoms with Crippen LogP contribution in [0.3, 0.4) is 0 Å². The Morgan fingerprint density at radius 2 is 2.50 bits per heavy atom. The van der Waals surface area contributed by atoms with Gasteiger partial charge in [-0.05, 0) is 6.42 Å². The van der Waals surface area contributed by atoms with Crippen LogP contribution in [-0.2, 0) is 0 Å². The smallest absolute Gasteiger partial charge is 0.0117 e. The fraction of sp³-hybridized carbons (Fsp3) is 1.00. The van der Waals surface area contributed by atoms with Gasteiger partial charge in [-0.1, -0.05) is 11.9 Å². The molecule has 0 radical (unpaired) electrons. The predicted molar refractivity (Wildman–Crippen MR) is 28.2 cm³/mol. The molecule has 0 amide bonds. The van der Waals surface area contributed by atoms with Gasteiger partial charge in [0.25, 0.3) is 0 Å². The van der Waals surface area contributed by atoms with E-state index in [4.69, 9.17) is 0 Å². The third kappa shape index (κ3) is 1.16. The highest BCUT2D eigenvalue weighted by Crippen LogP contribution is 1.96. The van der Waals surface area contributed by atoms with Crippen LogP contribution in [0.4, 0.5) is 0 Å². The van der Waals surface area contributed by atoms with Gasteiger partial charge >= 0.3 is 0 Å². The van der Waals surface area contributed by atoms with E-state index in [1.165, 1.54) is 12.2 Å². The van der Waals surface area contributed by atoms with Crippen molar-refractivity contribution >= 4 is 11.9 Å². The molecule has 0 unspecified atom stereocenters. The molecule has 0 atom stereocenters. The van der Waals surface area contributed by atoms with E-state index < -0.39 is 0 Å². The van der Waals surface area contributed by atoms with Gasteiger partial charge < -0.3 is 0 Å². The van der Waals surface area contributed by atoms with Gasteiger partial charge in [-0.25, -0.2) is 10.3 Å². The van der Waals surface area contributed by atoms with E-state index in [2.05, 4.69) is 10.3 Å². The van der Waals surface area contributed by atoms with Gasteiger partial charge in [0.15, 0.2) is 0 Å². The SMILES string of the molecule is C1CNNSC1. The third-order valence-electron chi connectivity index (χ3n) is 0.693. The first-order valence-electron chi connectivity index (χ1n) is 2.10. The first kappa shape index (κ1) is 4.43. The Morgan fingerprint density at radius 1 is 1.50 bits per heavy atom. The first-order chi connectivity index (χ1) is 3.00. The summed E-state index contributed by atoms with van der Waals surface area (Å²) in [6.07, 6.45) is 1.29. The van der Waals surface area contributed by atoms with Gasteiger partial charge in [0.2, 0.25) is 0 Å². The first-order valence-corrected chi connectivity index (χ1v) is 3.08. The predicted octanol–water partition coefficient (Wildman–Crippen LogP) is 0.132. The van der Waals surface area contributed by atoms with E-state index in [1.54, 1.807) is 11.9 Å². The minimum atomic E-state index is 1.12. The molecule has 3 heteroatoms. The molecule has 1 rings (SSSR count). The second kappa shape index (κ2) is 2.44. The minimum Gasteiger partial charge on any atom is -0.248 e. The maximum absolute atomic E-state index is 3.00. The Hall–Kier alpha value is 0.270. The van der Waals surface area contributed by atoms with Crippen molar-refractivity contribution in [3.05, 3.63) is 0 Å². The molecule has 0 aromatic carbocycles. The van der Waals surface area contributed by atoms with E-state index in [-0.39, 0.29) is 0 Å². The van der Waals surface area contributed by atoms with Crippen molar-refractivity contribution in [2.75, 3.05) is 12.3 Å². The summed E-state index contributed by atoms with van der Waals surface area (Å²) in [7, 11) is 0. The average Bonchev–Trinajstić information content (AvgIpc) is 1.72. The zero-order valence-electron chi connectivity index (χ0n) is 3.53. The van der Waals surface area contributed by atoms with Crippen molar-refractivity contribution in [3.63, 3.8) is 0 Å². The van der Waals surface area contributed by atoms with Crippen LogP contribution in [0.2, 0.25) is 0 Å². The molecule has 0 spiro atoms. The number of nitrogens with one attached hydrogen (secondary N) is 2. The van der Waals surface area contributed by atoms with Crippen molar-refractivity contribution < 1.29 is 0 Å². The quantitative estimate of drug-likeness (QED) is 0.427. The van der Waals surface area contributed by atoms with Gasteiger partial charge in [0.05, 0.1) is 0 Å². The largest absolute Gasteiger partial charge is 0.248 e. The van der Waals surface area contributed by atoms with Crippen molar-refractivity contribution in [1.82, 2.24) is 10.3 Å². The molecule has 1 saturated heterocycles. The van der Waals surface area contributed by atoms with E-state index in [0.29, 0.717) is 0 Å². The van der Waals surface area contributed by atoms with Crippen LogP contribution in [0.1, 0.15) is 6.42 Å². The highest BCUT2D eigenvalue weighted by molar-refractivity contribution is 7.97. The number of hydrazine groups is 1. The monoisotopic (exact) mass is 104 g/mol. The molecule has 0 saturated carbocycles. The highest BCUT2D eigenvalue weighted by Gasteiger charge is 1.92. The Morgan fingerprint density at radius 3 is 2.67 bits per heavy atom. The molecule has 36 valence electrons. The summed E-state index contributed by atoms with van der Waals surface area (Å²) in [5, 5.41) is 0. The van der Waals surface area contributed by atoms with Crippen LogP contribution in [0.15, 0.2) is 0 Å². The molecular weight excluding hydrogens is 96.1 g/mol. The molecule has 0 aliphatic carbocycles. The standard InChI is InChI=1S/C3H8N2S/c1-2-4-5-6-3-1/h4-5H,1-3H2. The van der Waals surface area contributed by atoms with Crippen LogP contribution in [0, 0.1) is 0 Å². The topological polar surface area (TPSA) is 24.1 Å². The summed E-state index contributed by atoms with van der Waals surface area (Å²) >= 11 is 1.73. The molecular formula is C3H8N2S. The minimum absolute atomic E-state index is 1.12. The molecule has 1 heterocycles. The van der Waals surface area contributed by atoms with Crippen molar-refractivity contribution in [2.45, 2.75) is 6.42 Å². The summed E-state index contributed by atoms with van der Waals surface area (Å²) in [5.74, 6) is 1.24. The summed E-state index contributed by atoms with van der Waals surface area (Å²) in [4.78, 5) is 2.95. The summed E-state index contributed by atoms with van der Waals surface area (Å²) < 4.78 is 0. The van der Waals surface area contributed by atoms with Crippen LogP contribution >= 0.6 is 11.9 Å². The fourth-order valence-corrected chi connectivity index (χ4v) is 0.981. The van der Waals surface area contributed by atoms with Gasteiger partial charge in [0, 0.05) is 12.3 Å². The molecule has 1 aliphatic heterocycles. The van der Waals surface area contributed by atoms with Crippen LogP contribution in [-0.4, -0.2) is 12.3 Å². The summed E-state index contributed by atoms with van der Waals surface area (Å²) in [6.45, 7) is 1.12. The molecule has 0 aromatic heterocycles. The Kier molecular flexibility index (Phi) is 1.80. The van der Waals surface area contributed by atoms with E-state index in [9.17, 15) is 0 Å². The van der Waals surface area contributed by atoms with Crippen LogP contribution < -0.4 is 10.3 Å². The fourth-order valence-electron chi connectivity index (χ4n) is 0.386. The van der Waals surface area contributed by atoms with Crippen molar-refractivity contribution in [2.24, 2.45) is 0 Å². The highest BCUT2D eigenvalue weighted by atomic mass is 32.2. The lowest BCUT2D eigenvalue weighted by Crippen LogP contribution is -2.31. The normalized spacial score (nSPS) is 24.0. The lowest BCUT2D eigenvalue weighted by atomic mass is 10.5. The van der Waals surface area contributed by atoms with Gasteiger partial charge in [-0.2, -0.15) is 0 Å². The molecule has 1 aliphatic rings. The van der Waals surface area contributed by atoms with Crippen LogP contribution in [0.5, 0.6) is 0 Å². The molecule has 1 fully saturated rings. The Labute approximate surface area is 41.8 Å². The number of hydrogen-bond acceptors (Lipinski definition) is 3. The maximum atomic E-state index is 3.00. The maximum Gasteiger partial charge on any atom is 0.0117 e. The lowest BCUT2D eigenvalue weighted by Gasteiger charge is -2.10. The second-order valence-electron chi connectivity index (χ2n) is 1.23. The molecule has 2 N–H and O–H groups in total. The summed E-state index contributed by atoms with van der Waals surface area (Å²) in [6, 6.07) is 0. The second-order valence-corrected chi connectivity index (χ2v) is 2.13. The van der Waals surface area contributed by atoms with E-state index >= 15 is 0 Å². The zero-order chi connectivity index (χ0) is 4.24. The van der Waals surface area contributed by atoms with Gasteiger partial charge in [-0.15, -0.1) is 0 Å². The lowest BCUT2D eigenvalue weighted by molar-refractivity contribution is 0.648. The van der Waals surface area contributed by atoms with E-state index in [0.717, 1.165) is 6.54 Å². The van der Waals surface area contributed by atoms with Crippen molar-refractivity contribution in [1.29, 1.82) is 0 Å². The van der Waals surface area contributed by atoms with E-state index in [1.807, 2.05) is 0 Å². The average molecular weight is 104 g/mol. The van der Waals surface area contributed by atoms with Gasteiger partial charge in [0.1, 0.15) is 0 Å².